The van der Waals surface area contributed by atoms with Crippen LogP contribution in [0, 0.1) is 13.8 Å². The largest absolute Gasteiger partial charge is 0.356 e. The maximum absolute atomic E-state index is 13.0. The quantitative estimate of drug-likeness (QED) is 0.304. The molecule has 172 valence electrons. The van der Waals surface area contributed by atoms with Gasteiger partial charge in [0.1, 0.15) is 0 Å². The highest BCUT2D eigenvalue weighted by molar-refractivity contribution is 7.92. The van der Waals surface area contributed by atoms with Gasteiger partial charge in [-0.15, -0.1) is 0 Å². The van der Waals surface area contributed by atoms with Gasteiger partial charge in [0.2, 0.25) is 0 Å². The number of benzene rings is 4. The lowest BCUT2D eigenvalue weighted by Gasteiger charge is -2.13. The number of carbonyl (C=O) groups is 1. The Kier molecular flexibility index (Phi) is 6.65. The van der Waals surface area contributed by atoms with Crippen molar-refractivity contribution in [3.8, 4) is 0 Å². The van der Waals surface area contributed by atoms with Gasteiger partial charge in [-0.1, -0.05) is 42.0 Å². The molecule has 0 heterocycles. The van der Waals surface area contributed by atoms with Crippen LogP contribution in [0.25, 0.3) is 0 Å². The fraction of sp³-hybridized carbons (Fsp3) is 0.0741. The average Bonchev–Trinajstić information content (AvgIpc) is 2.82. The molecule has 4 aromatic rings. The van der Waals surface area contributed by atoms with Crippen molar-refractivity contribution in [3.05, 3.63) is 114 Å². The molecular formula is C27H25N3O3S. The van der Waals surface area contributed by atoms with E-state index in [-0.39, 0.29) is 10.5 Å². The number of nitrogens with one attached hydrogen (secondary N) is 3. The van der Waals surface area contributed by atoms with Crippen molar-refractivity contribution in [3.63, 3.8) is 0 Å². The number of hydrogen-bond acceptors (Lipinski definition) is 4. The normalized spacial score (nSPS) is 11.0. The molecule has 3 N–H and O–H groups in total. The Hall–Kier alpha value is -4.10. The Labute approximate surface area is 199 Å². The van der Waals surface area contributed by atoms with Crippen LogP contribution in [0.1, 0.15) is 21.5 Å². The fourth-order valence-electron chi connectivity index (χ4n) is 3.39. The monoisotopic (exact) mass is 471 g/mol. The molecule has 0 aliphatic carbocycles. The minimum Gasteiger partial charge on any atom is -0.356 e. The van der Waals surface area contributed by atoms with E-state index in [1.54, 1.807) is 43.3 Å². The number of hydrogen-bond donors (Lipinski definition) is 3. The predicted molar refractivity (Wildman–Crippen MR) is 137 cm³/mol. The first-order valence-electron chi connectivity index (χ1n) is 10.7. The van der Waals surface area contributed by atoms with Crippen molar-refractivity contribution in [2.75, 3.05) is 15.4 Å². The van der Waals surface area contributed by atoms with Crippen molar-refractivity contribution < 1.29 is 13.2 Å². The third-order valence-corrected chi connectivity index (χ3v) is 6.77. The van der Waals surface area contributed by atoms with E-state index >= 15 is 0 Å². The fourth-order valence-corrected chi connectivity index (χ4v) is 4.72. The average molecular weight is 472 g/mol. The summed E-state index contributed by atoms with van der Waals surface area (Å²) in [6.45, 7) is 3.63. The molecule has 6 nitrogen and oxygen atoms in total. The second kappa shape index (κ2) is 9.80. The summed E-state index contributed by atoms with van der Waals surface area (Å²) in [5.41, 5.74) is 4.74. The lowest BCUT2D eigenvalue weighted by molar-refractivity contribution is 0.102. The molecule has 0 unspecified atom stereocenters. The van der Waals surface area contributed by atoms with E-state index in [1.165, 1.54) is 6.07 Å². The van der Waals surface area contributed by atoms with Crippen molar-refractivity contribution in [2.45, 2.75) is 18.7 Å². The van der Waals surface area contributed by atoms with Crippen LogP contribution in [-0.2, 0) is 10.0 Å². The molecular weight excluding hydrogens is 446 g/mol. The topological polar surface area (TPSA) is 87.3 Å². The second-order valence-corrected chi connectivity index (χ2v) is 9.63. The number of aryl methyl sites for hydroxylation is 2. The van der Waals surface area contributed by atoms with E-state index in [0.717, 1.165) is 16.9 Å². The summed E-state index contributed by atoms with van der Waals surface area (Å²) in [5, 5.41) is 6.10. The molecule has 0 radical (unpaired) electrons. The summed E-state index contributed by atoms with van der Waals surface area (Å²) in [6.07, 6.45) is 0. The number of rotatable bonds is 7. The smallest absolute Gasteiger partial charge is 0.262 e. The van der Waals surface area contributed by atoms with Crippen molar-refractivity contribution in [2.24, 2.45) is 0 Å². The first-order chi connectivity index (χ1) is 16.3. The summed E-state index contributed by atoms with van der Waals surface area (Å²) < 4.78 is 28.5. The van der Waals surface area contributed by atoms with Crippen LogP contribution in [-0.4, -0.2) is 14.3 Å². The molecule has 0 fully saturated rings. The van der Waals surface area contributed by atoms with Crippen molar-refractivity contribution in [1.82, 2.24) is 0 Å². The number of anilines is 4. The van der Waals surface area contributed by atoms with E-state index < -0.39 is 15.9 Å². The van der Waals surface area contributed by atoms with E-state index in [4.69, 9.17) is 0 Å². The summed E-state index contributed by atoms with van der Waals surface area (Å²) >= 11 is 0. The third-order valence-electron chi connectivity index (χ3n) is 5.25. The summed E-state index contributed by atoms with van der Waals surface area (Å²) in [6, 6.07) is 28.8. The Morgan fingerprint density at radius 3 is 1.94 bits per heavy atom. The van der Waals surface area contributed by atoms with Crippen LogP contribution in [0.4, 0.5) is 22.7 Å². The molecule has 1 amide bonds. The highest BCUT2D eigenvalue weighted by Gasteiger charge is 2.19. The third kappa shape index (κ3) is 5.63. The molecule has 0 aliphatic heterocycles. The number of sulfonamides is 1. The van der Waals surface area contributed by atoms with Gasteiger partial charge in [0.25, 0.3) is 15.9 Å². The van der Waals surface area contributed by atoms with E-state index in [1.807, 2.05) is 61.5 Å². The highest BCUT2D eigenvalue weighted by atomic mass is 32.2. The Balaban J connectivity index is 1.48. The molecule has 0 saturated heterocycles. The van der Waals surface area contributed by atoms with Gasteiger partial charge in [0.05, 0.1) is 4.90 Å². The van der Waals surface area contributed by atoms with Crippen LogP contribution >= 0.6 is 0 Å². The van der Waals surface area contributed by atoms with Crippen molar-refractivity contribution in [1.29, 1.82) is 0 Å². The molecule has 4 aromatic carbocycles. The van der Waals surface area contributed by atoms with Crippen molar-refractivity contribution >= 4 is 38.7 Å². The minimum atomic E-state index is -3.86. The molecule has 0 aromatic heterocycles. The van der Waals surface area contributed by atoms with Gasteiger partial charge in [-0.2, -0.15) is 0 Å². The number of para-hydroxylation sites is 1. The predicted octanol–water partition coefficient (Wildman–Crippen LogP) is 6.10. The van der Waals surface area contributed by atoms with Gasteiger partial charge in [-0.25, -0.2) is 8.42 Å². The molecule has 7 heteroatoms. The van der Waals surface area contributed by atoms with Crippen LogP contribution < -0.4 is 15.4 Å². The second-order valence-electron chi connectivity index (χ2n) is 7.97. The van der Waals surface area contributed by atoms with Crippen LogP contribution in [0.3, 0.4) is 0 Å². The maximum Gasteiger partial charge on any atom is 0.262 e. The lowest BCUT2D eigenvalue weighted by Crippen LogP contribution is -2.17. The zero-order chi connectivity index (χ0) is 24.1. The SMILES string of the molecule is Cc1ccc(NS(=O)(=O)c2cc(C(=O)Nc3ccc(Nc4ccccc4)cc3)ccc2C)cc1. The van der Waals surface area contributed by atoms with Crippen LogP contribution in [0.5, 0.6) is 0 Å². The van der Waals surface area contributed by atoms with Crippen LogP contribution in [0.2, 0.25) is 0 Å². The zero-order valence-electron chi connectivity index (χ0n) is 18.9. The number of amides is 1. The van der Waals surface area contributed by atoms with Gasteiger partial charge in [0.15, 0.2) is 0 Å². The molecule has 0 saturated carbocycles. The maximum atomic E-state index is 13.0. The van der Waals surface area contributed by atoms with E-state index in [9.17, 15) is 13.2 Å². The summed E-state index contributed by atoms with van der Waals surface area (Å²) in [5.74, 6) is -0.393. The molecule has 0 spiro atoms. The lowest BCUT2D eigenvalue weighted by atomic mass is 10.1. The summed E-state index contributed by atoms with van der Waals surface area (Å²) in [7, 11) is -3.86. The Morgan fingerprint density at radius 2 is 1.26 bits per heavy atom. The molecule has 0 bridgehead atoms. The van der Waals surface area contributed by atoms with E-state index in [0.29, 0.717) is 16.9 Å². The Morgan fingerprint density at radius 1 is 0.676 bits per heavy atom. The standard InChI is InChI=1S/C27H25N3O3S/c1-19-8-12-25(13-9-19)30-34(32,33)26-18-21(11-10-20(26)2)27(31)29-24-16-14-23(15-17-24)28-22-6-4-3-5-7-22/h3-18,28,30H,1-2H3,(H,29,31). The van der Waals surface area contributed by atoms with Gasteiger partial charge in [-0.05, 0) is 80.1 Å². The first kappa shape index (κ1) is 23.1. The van der Waals surface area contributed by atoms with Gasteiger partial charge < -0.3 is 10.6 Å². The highest BCUT2D eigenvalue weighted by Crippen LogP contribution is 2.23. The molecule has 0 aliphatic rings. The van der Waals surface area contributed by atoms with Gasteiger partial charge in [-0.3, -0.25) is 9.52 Å². The molecule has 0 atom stereocenters. The van der Waals surface area contributed by atoms with Gasteiger partial charge >= 0.3 is 0 Å². The minimum absolute atomic E-state index is 0.0585. The zero-order valence-corrected chi connectivity index (χ0v) is 19.7. The molecule has 34 heavy (non-hydrogen) atoms. The van der Waals surface area contributed by atoms with Gasteiger partial charge in [0, 0.05) is 28.3 Å². The summed E-state index contributed by atoms with van der Waals surface area (Å²) in [4.78, 5) is 12.9. The number of carbonyl (C=O) groups excluding carboxylic acids is 1. The van der Waals surface area contributed by atoms with E-state index in [2.05, 4.69) is 15.4 Å². The first-order valence-corrected chi connectivity index (χ1v) is 12.2. The Bertz CT molecular complexity index is 1400. The molecule has 4 rings (SSSR count). The van der Waals surface area contributed by atoms with Crippen LogP contribution in [0.15, 0.2) is 102 Å².